The van der Waals surface area contributed by atoms with Gasteiger partial charge in [0.05, 0.1) is 0 Å². The van der Waals surface area contributed by atoms with Crippen molar-refractivity contribution in [2.45, 2.75) is 53.1 Å². The maximum absolute atomic E-state index is 5.54. The summed E-state index contributed by atoms with van der Waals surface area (Å²) < 4.78 is 11.1. The number of hydrogen-bond acceptors (Lipinski definition) is 2. The van der Waals surface area contributed by atoms with Gasteiger partial charge in [-0.2, -0.15) is 0 Å². The minimum absolute atomic E-state index is 0.241. The third-order valence-electron chi connectivity index (χ3n) is 4.74. The lowest BCUT2D eigenvalue weighted by Gasteiger charge is -2.28. The molecule has 1 atom stereocenters. The largest absolute Gasteiger partial charge is 0.398 e. The number of rotatable bonds is 6. The summed E-state index contributed by atoms with van der Waals surface area (Å²) in [5, 5.41) is 0. The topological polar surface area (TPSA) is 18.5 Å². The Morgan fingerprint density at radius 1 is 1.17 bits per heavy atom. The molecular weight excluding hydrogens is 240 g/mol. The monoisotopic (exact) mass is 268 g/mol. The second-order valence-corrected chi connectivity index (χ2v) is 9.47. The summed E-state index contributed by atoms with van der Waals surface area (Å²) in [6.45, 7) is 11.2. The summed E-state index contributed by atoms with van der Waals surface area (Å²) in [6.07, 6.45) is 4.77. The lowest BCUT2D eigenvalue weighted by molar-refractivity contribution is 0.246. The van der Waals surface area contributed by atoms with Crippen LogP contribution < -0.4 is 0 Å². The molecule has 0 radical (unpaired) electrons. The molecule has 1 aliphatic rings. The summed E-state index contributed by atoms with van der Waals surface area (Å²) in [5.74, 6) is 0. The molecule has 0 aromatic rings. The van der Waals surface area contributed by atoms with Gasteiger partial charge in [0.2, 0.25) is 0 Å². The average molecular weight is 268 g/mol. The van der Waals surface area contributed by atoms with E-state index in [0.717, 1.165) is 12.5 Å². The van der Waals surface area contributed by atoms with E-state index in [0.29, 0.717) is 0 Å². The molecular formula is C15H28O2Si. The van der Waals surface area contributed by atoms with Crippen molar-refractivity contribution < 1.29 is 8.85 Å². The summed E-state index contributed by atoms with van der Waals surface area (Å²) in [6, 6.07) is 1.06. The van der Waals surface area contributed by atoms with E-state index in [4.69, 9.17) is 8.85 Å². The van der Waals surface area contributed by atoms with Crippen LogP contribution in [0.2, 0.25) is 12.6 Å². The van der Waals surface area contributed by atoms with Crippen molar-refractivity contribution in [1.82, 2.24) is 0 Å². The molecule has 2 nitrogen and oxygen atoms in total. The minimum atomic E-state index is -1.89. The van der Waals surface area contributed by atoms with Gasteiger partial charge in [0.25, 0.3) is 0 Å². The number of allylic oxidation sites excluding steroid dienone is 4. The second kappa shape index (κ2) is 5.72. The van der Waals surface area contributed by atoms with Gasteiger partial charge in [-0.3, -0.25) is 0 Å². The fraction of sp³-hybridized carbons (Fsp3) is 0.733. The fourth-order valence-electron chi connectivity index (χ4n) is 2.74. The lowest BCUT2D eigenvalue weighted by atomic mass is 9.81. The molecule has 3 heteroatoms. The van der Waals surface area contributed by atoms with Gasteiger partial charge in [-0.1, -0.05) is 30.6 Å². The predicted molar refractivity (Wildman–Crippen MR) is 79.9 cm³/mol. The van der Waals surface area contributed by atoms with Crippen LogP contribution in [0.5, 0.6) is 0 Å². The Labute approximate surface area is 113 Å². The summed E-state index contributed by atoms with van der Waals surface area (Å²) in [4.78, 5) is 0. The van der Waals surface area contributed by atoms with Crippen molar-refractivity contribution in [3.8, 4) is 0 Å². The van der Waals surface area contributed by atoms with Crippen molar-refractivity contribution in [3.05, 3.63) is 22.8 Å². The van der Waals surface area contributed by atoms with Crippen molar-refractivity contribution in [1.29, 1.82) is 0 Å². The van der Waals surface area contributed by atoms with E-state index in [1.165, 1.54) is 23.1 Å². The molecule has 104 valence electrons. The van der Waals surface area contributed by atoms with Gasteiger partial charge >= 0.3 is 8.56 Å². The quantitative estimate of drug-likeness (QED) is 0.663. The van der Waals surface area contributed by atoms with E-state index in [1.54, 1.807) is 14.2 Å². The highest BCUT2D eigenvalue weighted by molar-refractivity contribution is 6.65. The Morgan fingerprint density at radius 3 is 2.11 bits per heavy atom. The van der Waals surface area contributed by atoms with E-state index >= 15 is 0 Å². The van der Waals surface area contributed by atoms with Crippen LogP contribution >= 0.6 is 0 Å². The fourth-order valence-corrected chi connectivity index (χ4v) is 4.14. The van der Waals surface area contributed by atoms with Gasteiger partial charge in [-0.15, -0.1) is 0 Å². The van der Waals surface area contributed by atoms with Gasteiger partial charge in [0, 0.05) is 19.6 Å². The first-order chi connectivity index (χ1) is 8.28. The smallest absolute Gasteiger partial charge is 0.334 e. The van der Waals surface area contributed by atoms with Crippen molar-refractivity contribution in [2.24, 2.45) is 5.41 Å². The summed E-state index contributed by atoms with van der Waals surface area (Å²) in [5.41, 5.74) is 4.67. The maximum atomic E-state index is 5.54. The highest BCUT2D eigenvalue weighted by Gasteiger charge is 2.33. The molecule has 1 rings (SSSR count). The Kier molecular flexibility index (Phi) is 4.98. The summed E-state index contributed by atoms with van der Waals surface area (Å²) >= 11 is 0. The molecule has 0 bridgehead atoms. The molecule has 1 aliphatic carbocycles. The zero-order valence-corrected chi connectivity index (χ0v) is 14.0. The van der Waals surface area contributed by atoms with Crippen LogP contribution in [-0.2, 0) is 8.85 Å². The van der Waals surface area contributed by atoms with Gasteiger partial charge in [0.1, 0.15) is 0 Å². The Morgan fingerprint density at radius 2 is 1.72 bits per heavy atom. The van der Waals surface area contributed by atoms with Crippen LogP contribution in [0, 0.1) is 5.41 Å². The molecule has 0 amide bonds. The molecule has 0 aliphatic heterocycles. The average Bonchev–Trinajstić information content (AvgIpc) is 2.53. The lowest BCUT2D eigenvalue weighted by Crippen LogP contribution is -2.36. The van der Waals surface area contributed by atoms with Gasteiger partial charge < -0.3 is 8.85 Å². The van der Waals surface area contributed by atoms with Crippen molar-refractivity contribution in [3.63, 3.8) is 0 Å². The van der Waals surface area contributed by atoms with Gasteiger partial charge in [-0.05, 0) is 45.4 Å². The summed E-state index contributed by atoms with van der Waals surface area (Å²) in [7, 11) is 1.65. The Balaban J connectivity index is 2.61. The van der Waals surface area contributed by atoms with Gasteiger partial charge in [0.15, 0.2) is 0 Å². The van der Waals surface area contributed by atoms with Crippen LogP contribution in [0.25, 0.3) is 0 Å². The SMILES string of the molecule is CO[Si](C)(CCCC1(C)C=C(C)C(C)=C1C)OC. The van der Waals surface area contributed by atoms with Gasteiger partial charge in [-0.25, -0.2) is 0 Å². The Bertz CT molecular complexity index is 367. The van der Waals surface area contributed by atoms with E-state index in [1.807, 2.05) is 0 Å². The van der Waals surface area contributed by atoms with Crippen molar-refractivity contribution in [2.75, 3.05) is 14.2 Å². The molecule has 0 N–H and O–H groups in total. The number of hydrogen-bond donors (Lipinski definition) is 0. The first-order valence-corrected chi connectivity index (χ1v) is 9.28. The third kappa shape index (κ3) is 3.14. The molecule has 0 saturated heterocycles. The maximum Gasteiger partial charge on any atom is 0.334 e. The molecule has 1 unspecified atom stereocenters. The third-order valence-corrected chi connectivity index (χ3v) is 7.73. The minimum Gasteiger partial charge on any atom is -0.398 e. The van der Waals surface area contributed by atoms with E-state index in [9.17, 15) is 0 Å². The predicted octanol–water partition coefficient (Wildman–Crippen LogP) is 4.43. The first-order valence-electron chi connectivity index (χ1n) is 6.76. The molecule has 18 heavy (non-hydrogen) atoms. The zero-order chi connectivity index (χ0) is 14.0. The van der Waals surface area contributed by atoms with E-state index in [-0.39, 0.29) is 5.41 Å². The van der Waals surface area contributed by atoms with E-state index < -0.39 is 8.56 Å². The van der Waals surface area contributed by atoms with Crippen LogP contribution in [0.1, 0.15) is 40.5 Å². The van der Waals surface area contributed by atoms with Crippen LogP contribution in [0.3, 0.4) is 0 Å². The first kappa shape index (κ1) is 15.7. The molecule has 0 spiro atoms. The normalized spacial score (nSPS) is 24.7. The van der Waals surface area contributed by atoms with Crippen LogP contribution in [-0.4, -0.2) is 22.8 Å². The molecule has 0 saturated carbocycles. The second-order valence-electron chi connectivity index (χ2n) is 5.89. The van der Waals surface area contributed by atoms with E-state index in [2.05, 4.69) is 40.3 Å². The molecule has 0 aromatic heterocycles. The standard InChI is InChI=1S/C15H28O2Si/c1-12-11-15(4,14(3)13(12)2)9-8-10-18(7,16-5)17-6/h11H,8-10H2,1-7H3. The van der Waals surface area contributed by atoms with Crippen LogP contribution in [0.15, 0.2) is 22.8 Å². The molecule has 0 aromatic carbocycles. The molecule has 0 heterocycles. The van der Waals surface area contributed by atoms with Crippen molar-refractivity contribution >= 4 is 8.56 Å². The zero-order valence-electron chi connectivity index (χ0n) is 13.0. The molecule has 0 fully saturated rings. The highest BCUT2D eigenvalue weighted by atomic mass is 28.4. The van der Waals surface area contributed by atoms with Crippen LogP contribution in [0.4, 0.5) is 0 Å². The highest BCUT2D eigenvalue weighted by Crippen LogP contribution is 2.44. The Hall–Kier alpha value is -0.383.